The number of amides is 1. The highest BCUT2D eigenvalue weighted by Gasteiger charge is 2.19. The predicted octanol–water partition coefficient (Wildman–Crippen LogP) is 4.33. The minimum atomic E-state index is -0.939. The minimum Gasteiger partial charge on any atom is -0.497 e. The zero-order chi connectivity index (χ0) is 22.2. The Morgan fingerprint density at radius 1 is 1.13 bits per heavy atom. The van der Waals surface area contributed by atoms with Crippen LogP contribution in [-0.4, -0.2) is 36.7 Å². The standard InChI is InChI=1S/C23H24N2O5S/c1-4-29-20-8-6-5-7-19(20)23-25-17(14-31-23)13-21(26)30-15(2)22(27)24-16-9-11-18(28-3)12-10-16/h5-12,14-15H,4,13H2,1-3H3,(H,24,27). The fourth-order valence-corrected chi connectivity index (χ4v) is 3.64. The maximum atomic E-state index is 12.3. The molecule has 0 aliphatic rings. The highest BCUT2D eigenvalue weighted by atomic mass is 32.1. The van der Waals surface area contributed by atoms with Crippen molar-refractivity contribution < 1.29 is 23.8 Å². The van der Waals surface area contributed by atoms with Gasteiger partial charge in [-0.05, 0) is 50.2 Å². The maximum absolute atomic E-state index is 12.3. The lowest BCUT2D eigenvalue weighted by atomic mass is 10.2. The number of anilines is 1. The summed E-state index contributed by atoms with van der Waals surface area (Å²) in [7, 11) is 1.57. The van der Waals surface area contributed by atoms with Crippen LogP contribution in [0.4, 0.5) is 5.69 Å². The molecule has 3 aromatic rings. The van der Waals surface area contributed by atoms with Crippen LogP contribution in [-0.2, 0) is 20.7 Å². The van der Waals surface area contributed by atoms with E-state index in [0.29, 0.717) is 23.7 Å². The summed E-state index contributed by atoms with van der Waals surface area (Å²) in [5.74, 6) is 0.497. The van der Waals surface area contributed by atoms with Gasteiger partial charge in [0.2, 0.25) is 0 Å². The van der Waals surface area contributed by atoms with Crippen molar-refractivity contribution in [2.45, 2.75) is 26.4 Å². The predicted molar refractivity (Wildman–Crippen MR) is 120 cm³/mol. The van der Waals surface area contributed by atoms with E-state index < -0.39 is 18.0 Å². The van der Waals surface area contributed by atoms with Crippen LogP contribution in [0.1, 0.15) is 19.5 Å². The van der Waals surface area contributed by atoms with E-state index in [2.05, 4.69) is 10.3 Å². The maximum Gasteiger partial charge on any atom is 0.312 e. The summed E-state index contributed by atoms with van der Waals surface area (Å²) < 4.78 is 16.0. The van der Waals surface area contributed by atoms with Gasteiger partial charge < -0.3 is 19.5 Å². The molecule has 0 fully saturated rings. The molecule has 0 saturated carbocycles. The number of hydrogen-bond donors (Lipinski definition) is 1. The van der Waals surface area contributed by atoms with Gasteiger partial charge in [-0.25, -0.2) is 4.98 Å². The fourth-order valence-electron chi connectivity index (χ4n) is 2.80. The quantitative estimate of drug-likeness (QED) is 0.499. The lowest BCUT2D eigenvalue weighted by Crippen LogP contribution is -2.30. The number of thiazole rings is 1. The molecule has 1 unspecified atom stereocenters. The summed E-state index contributed by atoms with van der Waals surface area (Å²) in [5.41, 5.74) is 2.05. The topological polar surface area (TPSA) is 86.8 Å². The van der Waals surface area contributed by atoms with Gasteiger partial charge in [-0.1, -0.05) is 12.1 Å². The second-order valence-electron chi connectivity index (χ2n) is 6.60. The van der Waals surface area contributed by atoms with Crippen LogP contribution in [0, 0.1) is 0 Å². The fraction of sp³-hybridized carbons (Fsp3) is 0.261. The van der Waals surface area contributed by atoms with Crippen molar-refractivity contribution in [1.29, 1.82) is 0 Å². The zero-order valence-corrected chi connectivity index (χ0v) is 18.4. The van der Waals surface area contributed by atoms with Crippen molar-refractivity contribution in [2.24, 2.45) is 0 Å². The molecule has 1 atom stereocenters. The highest BCUT2D eigenvalue weighted by molar-refractivity contribution is 7.13. The second-order valence-corrected chi connectivity index (χ2v) is 7.46. The Morgan fingerprint density at radius 3 is 2.58 bits per heavy atom. The number of rotatable bonds is 9. The highest BCUT2D eigenvalue weighted by Crippen LogP contribution is 2.32. The lowest BCUT2D eigenvalue weighted by molar-refractivity contribution is -0.152. The Morgan fingerprint density at radius 2 is 1.87 bits per heavy atom. The van der Waals surface area contributed by atoms with Gasteiger partial charge in [0.15, 0.2) is 6.10 Å². The molecule has 0 radical (unpaired) electrons. The Hall–Kier alpha value is -3.39. The largest absolute Gasteiger partial charge is 0.497 e. The van der Waals surface area contributed by atoms with Gasteiger partial charge in [0.1, 0.15) is 16.5 Å². The minimum absolute atomic E-state index is 0.0204. The number of esters is 1. The molecule has 7 nitrogen and oxygen atoms in total. The van der Waals surface area contributed by atoms with Crippen LogP contribution in [0.5, 0.6) is 11.5 Å². The first-order valence-electron chi connectivity index (χ1n) is 9.81. The van der Waals surface area contributed by atoms with Crippen molar-refractivity contribution in [3.63, 3.8) is 0 Å². The van der Waals surface area contributed by atoms with Crippen LogP contribution in [0.3, 0.4) is 0 Å². The number of methoxy groups -OCH3 is 1. The van der Waals surface area contributed by atoms with Gasteiger partial charge in [0, 0.05) is 11.1 Å². The number of para-hydroxylation sites is 1. The Bertz CT molecular complexity index is 1030. The third kappa shape index (κ3) is 6.05. The summed E-state index contributed by atoms with van der Waals surface area (Å²) in [6, 6.07) is 14.5. The molecule has 1 N–H and O–H groups in total. The van der Waals surface area contributed by atoms with E-state index in [4.69, 9.17) is 14.2 Å². The van der Waals surface area contributed by atoms with E-state index in [1.807, 2.05) is 31.2 Å². The van der Waals surface area contributed by atoms with Crippen molar-refractivity contribution in [2.75, 3.05) is 19.0 Å². The van der Waals surface area contributed by atoms with Crippen LogP contribution in [0.25, 0.3) is 10.6 Å². The van der Waals surface area contributed by atoms with Crippen molar-refractivity contribution in [3.8, 4) is 22.1 Å². The molecule has 0 bridgehead atoms. The van der Waals surface area contributed by atoms with Gasteiger partial charge in [-0.15, -0.1) is 11.3 Å². The van der Waals surface area contributed by atoms with E-state index in [1.54, 1.807) is 36.8 Å². The third-order valence-corrected chi connectivity index (χ3v) is 5.25. The van der Waals surface area contributed by atoms with Crippen LogP contribution < -0.4 is 14.8 Å². The average molecular weight is 441 g/mol. The molecule has 8 heteroatoms. The molecule has 0 aliphatic heterocycles. The number of nitrogens with one attached hydrogen (secondary N) is 1. The van der Waals surface area contributed by atoms with E-state index >= 15 is 0 Å². The molecule has 31 heavy (non-hydrogen) atoms. The third-order valence-electron chi connectivity index (χ3n) is 4.33. The Balaban J connectivity index is 1.56. The van der Waals surface area contributed by atoms with E-state index in [0.717, 1.165) is 16.3 Å². The number of aromatic nitrogens is 1. The molecule has 3 rings (SSSR count). The SMILES string of the molecule is CCOc1ccccc1-c1nc(CC(=O)OC(C)C(=O)Nc2ccc(OC)cc2)cs1. The number of hydrogen-bond acceptors (Lipinski definition) is 7. The first-order valence-corrected chi connectivity index (χ1v) is 10.7. The summed E-state index contributed by atoms with van der Waals surface area (Å²) in [5, 5.41) is 5.28. The molecular formula is C23H24N2O5S. The molecule has 0 aliphatic carbocycles. The Labute approximate surface area is 185 Å². The van der Waals surface area contributed by atoms with Gasteiger partial charge in [0.25, 0.3) is 5.91 Å². The molecule has 0 saturated heterocycles. The average Bonchev–Trinajstić information content (AvgIpc) is 3.23. The molecule has 162 valence electrons. The van der Waals surface area contributed by atoms with E-state index in [-0.39, 0.29) is 6.42 Å². The van der Waals surface area contributed by atoms with Gasteiger partial charge in [-0.3, -0.25) is 9.59 Å². The van der Waals surface area contributed by atoms with Gasteiger partial charge in [-0.2, -0.15) is 0 Å². The number of benzene rings is 2. The molecule has 0 spiro atoms. The van der Waals surface area contributed by atoms with Crippen LogP contribution in [0.2, 0.25) is 0 Å². The number of nitrogens with zero attached hydrogens (tertiary/aromatic N) is 1. The van der Waals surface area contributed by atoms with E-state index in [9.17, 15) is 9.59 Å². The number of ether oxygens (including phenoxy) is 3. The number of carbonyl (C=O) groups is 2. The summed E-state index contributed by atoms with van der Waals surface area (Å²) in [6.07, 6.45) is -0.959. The lowest BCUT2D eigenvalue weighted by Gasteiger charge is -2.13. The van der Waals surface area contributed by atoms with Crippen molar-refractivity contribution in [1.82, 2.24) is 4.98 Å². The monoisotopic (exact) mass is 440 g/mol. The Kier molecular flexibility index (Phi) is 7.61. The zero-order valence-electron chi connectivity index (χ0n) is 17.6. The first-order chi connectivity index (χ1) is 15.0. The first kappa shape index (κ1) is 22.3. The van der Waals surface area contributed by atoms with Crippen LogP contribution in [0.15, 0.2) is 53.9 Å². The molecule has 1 aromatic heterocycles. The normalized spacial score (nSPS) is 11.5. The van der Waals surface area contributed by atoms with Crippen LogP contribution >= 0.6 is 11.3 Å². The smallest absolute Gasteiger partial charge is 0.312 e. The van der Waals surface area contributed by atoms with Gasteiger partial charge >= 0.3 is 5.97 Å². The molecule has 2 aromatic carbocycles. The second kappa shape index (κ2) is 10.6. The molecular weight excluding hydrogens is 416 g/mol. The summed E-state index contributed by atoms with van der Waals surface area (Å²) in [4.78, 5) is 29.1. The summed E-state index contributed by atoms with van der Waals surface area (Å²) in [6.45, 7) is 4.01. The molecule has 1 heterocycles. The van der Waals surface area contributed by atoms with Crippen molar-refractivity contribution in [3.05, 3.63) is 59.6 Å². The number of carbonyl (C=O) groups excluding carboxylic acids is 2. The van der Waals surface area contributed by atoms with Crippen molar-refractivity contribution >= 4 is 28.9 Å². The summed E-state index contributed by atoms with van der Waals surface area (Å²) >= 11 is 1.43. The van der Waals surface area contributed by atoms with E-state index in [1.165, 1.54) is 18.3 Å². The van der Waals surface area contributed by atoms with Gasteiger partial charge in [0.05, 0.1) is 31.4 Å². The molecule has 1 amide bonds.